The number of carbonyl (C=O) groups is 1. The molecular weight excluding hydrogens is 152 g/mol. The van der Waals surface area contributed by atoms with Gasteiger partial charge < -0.3 is 10.6 Å². The van der Waals surface area contributed by atoms with Crippen LogP contribution in [0.2, 0.25) is 0 Å². The molecule has 1 aliphatic heterocycles. The lowest BCUT2D eigenvalue weighted by Gasteiger charge is -2.45. The first-order valence-electron chi connectivity index (χ1n) is 4.77. The van der Waals surface area contributed by atoms with Gasteiger partial charge in [-0.25, -0.2) is 4.79 Å². The fraction of sp³-hybridized carbons (Fsp3) is 0.889. The van der Waals surface area contributed by atoms with Crippen LogP contribution in [0, 0.1) is 5.92 Å². The molecule has 1 saturated carbocycles. The van der Waals surface area contributed by atoms with Gasteiger partial charge in [0.1, 0.15) is 0 Å². The second-order valence-electron chi connectivity index (χ2n) is 4.18. The molecule has 0 aromatic carbocycles. The molecule has 3 nitrogen and oxygen atoms in total. The van der Waals surface area contributed by atoms with Crippen LogP contribution >= 0.6 is 0 Å². The quantitative estimate of drug-likeness (QED) is 0.608. The van der Waals surface area contributed by atoms with E-state index in [0.29, 0.717) is 0 Å². The molecule has 2 amide bonds. The van der Waals surface area contributed by atoms with Crippen molar-refractivity contribution in [1.82, 2.24) is 10.6 Å². The Morgan fingerprint density at radius 3 is 2.75 bits per heavy atom. The topological polar surface area (TPSA) is 41.1 Å². The highest BCUT2D eigenvalue weighted by molar-refractivity contribution is 5.75. The first-order chi connectivity index (χ1) is 5.71. The van der Waals surface area contributed by atoms with Gasteiger partial charge in [0.25, 0.3) is 0 Å². The Morgan fingerprint density at radius 2 is 2.25 bits per heavy atom. The highest BCUT2D eigenvalue weighted by Gasteiger charge is 2.40. The van der Waals surface area contributed by atoms with Gasteiger partial charge in [0.15, 0.2) is 0 Å². The summed E-state index contributed by atoms with van der Waals surface area (Å²) < 4.78 is 0. The molecule has 1 atom stereocenters. The van der Waals surface area contributed by atoms with Gasteiger partial charge in [-0.05, 0) is 32.1 Å². The number of carbonyl (C=O) groups excluding carboxylic acids is 1. The maximum Gasteiger partial charge on any atom is 0.315 e. The number of hydrogen-bond acceptors (Lipinski definition) is 1. The third-order valence-corrected chi connectivity index (χ3v) is 3.34. The average molecular weight is 168 g/mol. The van der Waals surface area contributed by atoms with Crippen molar-refractivity contribution >= 4 is 6.03 Å². The Labute approximate surface area is 72.9 Å². The minimum Gasteiger partial charge on any atom is -0.338 e. The minimum atomic E-state index is 0.00986. The molecule has 0 aromatic rings. The standard InChI is InChI=1S/C9H16N2O/c1-9(7-3-2-4-7)5-6-10-8(12)11-9/h7H,2-6H2,1H3,(H2,10,11,12). The fourth-order valence-electron chi connectivity index (χ4n) is 2.15. The van der Waals surface area contributed by atoms with Crippen molar-refractivity contribution in [1.29, 1.82) is 0 Å². The molecule has 2 aliphatic rings. The van der Waals surface area contributed by atoms with Gasteiger partial charge in [-0.1, -0.05) is 6.42 Å². The Hall–Kier alpha value is -0.730. The lowest BCUT2D eigenvalue weighted by molar-refractivity contribution is 0.123. The zero-order valence-electron chi connectivity index (χ0n) is 7.52. The summed E-state index contributed by atoms with van der Waals surface area (Å²) in [6, 6.07) is 0.00986. The van der Waals surface area contributed by atoms with Crippen molar-refractivity contribution in [3.8, 4) is 0 Å². The van der Waals surface area contributed by atoms with Crippen LogP contribution in [0.1, 0.15) is 32.6 Å². The maximum absolute atomic E-state index is 11.1. The number of urea groups is 1. The van der Waals surface area contributed by atoms with E-state index in [2.05, 4.69) is 17.6 Å². The van der Waals surface area contributed by atoms with E-state index in [1.165, 1.54) is 19.3 Å². The van der Waals surface area contributed by atoms with Crippen LogP contribution in [0.3, 0.4) is 0 Å². The fourth-order valence-corrected chi connectivity index (χ4v) is 2.15. The maximum atomic E-state index is 11.1. The average Bonchev–Trinajstić information content (AvgIpc) is 1.79. The summed E-state index contributed by atoms with van der Waals surface area (Å²) in [7, 11) is 0. The second kappa shape index (κ2) is 2.64. The van der Waals surface area contributed by atoms with Crippen LogP contribution in [0.25, 0.3) is 0 Å². The predicted molar refractivity (Wildman–Crippen MR) is 46.9 cm³/mol. The molecule has 3 heteroatoms. The van der Waals surface area contributed by atoms with Crippen LogP contribution in [0.4, 0.5) is 4.79 Å². The van der Waals surface area contributed by atoms with Crippen molar-refractivity contribution in [3.05, 3.63) is 0 Å². The zero-order chi connectivity index (χ0) is 8.60. The van der Waals surface area contributed by atoms with Crippen molar-refractivity contribution in [2.45, 2.75) is 38.1 Å². The van der Waals surface area contributed by atoms with Gasteiger partial charge in [-0.15, -0.1) is 0 Å². The smallest absolute Gasteiger partial charge is 0.315 e. The van der Waals surface area contributed by atoms with Crippen molar-refractivity contribution < 1.29 is 4.79 Å². The predicted octanol–water partition coefficient (Wildman–Crippen LogP) is 1.25. The Balaban J connectivity index is 2.02. The van der Waals surface area contributed by atoms with E-state index < -0.39 is 0 Å². The van der Waals surface area contributed by atoms with E-state index in [1.54, 1.807) is 0 Å². The number of hydrogen-bond donors (Lipinski definition) is 2. The minimum absolute atomic E-state index is 0.00986. The number of amides is 2. The van der Waals surface area contributed by atoms with Crippen molar-refractivity contribution in [3.63, 3.8) is 0 Å². The van der Waals surface area contributed by atoms with Crippen molar-refractivity contribution in [2.75, 3.05) is 6.54 Å². The molecule has 0 aromatic heterocycles. The molecule has 0 radical (unpaired) electrons. The van der Waals surface area contributed by atoms with E-state index in [0.717, 1.165) is 18.9 Å². The second-order valence-corrected chi connectivity index (χ2v) is 4.18. The van der Waals surface area contributed by atoms with Crippen LogP contribution < -0.4 is 10.6 Å². The van der Waals surface area contributed by atoms with Crippen LogP contribution in [-0.4, -0.2) is 18.1 Å². The molecule has 1 saturated heterocycles. The molecule has 0 spiro atoms. The lowest BCUT2D eigenvalue weighted by atomic mass is 9.69. The Morgan fingerprint density at radius 1 is 1.50 bits per heavy atom. The first-order valence-corrected chi connectivity index (χ1v) is 4.77. The molecule has 1 unspecified atom stereocenters. The van der Waals surface area contributed by atoms with E-state index >= 15 is 0 Å². The highest BCUT2D eigenvalue weighted by Crippen LogP contribution is 2.38. The Bertz CT molecular complexity index is 201. The van der Waals surface area contributed by atoms with Gasteiger partial charge >= 0.3 is 6.03 Å². The monoisotopic (exact) mass is 168 g/mol. The lowest BCUT2D eigenvalue weighted by Crippen LogP contribution is -2.61. The number of rotatable bonds is 1. The molecule has 2 N–H and O–H groups in total. The highest BCUT2D eigenvalue weighted by atomic mass is 16.2. The number of nitrogens with one attached hydrogen (secondary N) is 2. The van der Waals surface area contributed by atoms with Gasteiger partial charge in [0.2, 0.25) is 0 Å². The normalized spacial score (nSPS) is 36.6. The molecule has 1 aliphatic carbocycles. The van der Waals surface area contributed by atoms with E-state index in [1.807, 2.05) is 0 Å². The summed E-state index contributed by atoms with van der Waals surface area (Å²) in [6.07, 6.45) is 4.99. The van der Waals surface area contributed by atoms with Gasteiger partial charge in [-0.3, -0.25) is 0 Å². The molecule has 2 fully saturated rings. The summed E-state index contributed by atoms with van der Waals surface area (Å²) in [5.41, 5.74) is 0.0839. The molecule has 12 heavy (non-hydrogen) atoms. The molecule has 68 valence electrons. The first kappa shape index (κ1) is 7.90. The van der Waals surface area contributed by atoms with Crippen molar-refractivity contribution in [2.24, 2.45) is 5.92 Å². The van der Waals surface area contributed by atoms with E-state index in [4.69, 9.17) is 0 Å². The van der Waals surface area contributed by atoms with Gasteiger partial charge in [0.05, 0.1) is 0 Å². The zero-order valence-corrected chi connectivity index (χ0v) is 7.52. The van der Waals surface area contributed by atoms with Crippen LogP contribution in [0.5, 0.6) is 0 Å². The third kappa shape index (κ3) is 1.17. The summed E-state index contributed by atoms with van der Waals surface area (Å²) in [6.45, 7) is 3.01. The molecule has 1 heterocycles. The molecule has 2 rings (SSSR count). The van der Waals surface area contributed by atoms with E-state index in [9.17, 15) is 4.79 Å². The molecular formula is C9H16N2O. The summed E-state index contributed by atoms with van der Waals surface area (Å²) in [5.74, 6) is 0.726. The van der Waals surface area contributed by atoms with E-state index in [-0.39, 0.29) is 11.6 Å². The molecule has 0 bridgehead atoms. The summed E-state index contributed by atoms with van der Waals surface area (Å²) in [4.78, 5) is 11.1. The summed E-state index contributed by atoms with van der Waals surface area (Å²) in [5, 5.41) is 5.83. The largest absolute Gasteiger partial charge is 0.338 e. The Kier molecular flexibility index (Phi) is 1.74. The third-order valence-electron chi connectivity index (χ3n) is 3.34. The van der Waals surface area contributed by atoms with Crippen LogP contribution in [0.15, 0.2) is 0 Å². The van der Waals surface area contributed by atoms with Gasteiger partial charge in [0, 0.05) is 12.1 Å². The van der Waals surface area contributed by atoms with Gasteiger partial charge in [-0.2, -0.15) is 0 Å². The summed E-state index contributed by atoms with van der Waals surface area (Å²) >= 11 is 0. The van der Waals surface area contributed by atoms with Crippen LogP contribution in [-0.2, 0) is 0 Å². The SMILES string of the molecule is CC1(C2CCC2)CCNC(=O)N1.